The molecule has 1 aliphatic rings. The van der Waals surface area contributed by atoms with Crippen molar-refractivity contribution in [1.82, 2.24) is 4.90 Å². The summed E-state index contributed by atoms with van der Waals surface area (Å²) in [5.41, 5.74) is 1.60. The molecule has 4 nitrogen and oxygen atoms in total. The Balaban J connectivity index is 2.21. The van der Waals surface area contributed by atoms with Gasteiger partial charge in [-0.25, -0.2) is 0 Å². The molecule has 1 N–H and O–H groups in total. The summed E-state index contributed by atoms with van der Waals surface area (Å²) in [7, 11) is 0. The van der Waals surface area contributed by atoms with E-state index in [0.29, 0.717) is 18.7 Å². The first-order chi connectivity index (χ1) is 9.01. The number of amides is 1. The van der Waals surface area contributed by atoms with Crippen molar-refractivity contribution >= 4 is 18.5 Å². The van der Waals surface area contributed by atoms with Gasteiger partial charge in [0, 0.05) is 23.5 Å². The second-order valence-electron chi connectivity index (χ2n) is 4.96. The standard InChI is InChI=1S/C14H19NO3S/c1-9-3-4-12(19)5-13(9)14(17)15-6-10(2)18-11(7-15)8-16/h3-5,10-11,16,19H,6-8H2,1-2H3. The Morgan fingerprint density at radius 1 is 1.53 bits per heavy atom. The Kier molecular flexibility index (Phi) is 4.50. The monoisotopic (exact) mass is 281 g/mol. The van der Waals surface area contributed by atoms with Gasteiger partial charge >= 0.3 is 0 Å². The van der Waals surface area contributed by atoms with Crippen LogP contribution in [0.4, 0.5) is 0 Å². The number of carbonyl (C=O) groups is 1. The first-order valence-corrected chi connectivity index (χ1v) is 6.81. The van der Waals surface area contributed by atoms with Crippen molar-refractivity contribution in [2.45, 2.75) is 31.0 Å². The number of benzene rings is 1. The molecule has 1 heterocycles. The van der Waals surface area contributed by atoms with E-state index < -0.39 is 0 Å². The summed E-state index contributed by atoms with van der Waals surface area (Å²) in [4.78, 5) is 15.0. The number of aliphatic hydroxyl groups excluding tert-OH is 1. The van der Waals surface area contributed by atoms with Crippen LogP contribution in [0.3, 0.4) is 0 Å². The van der Waals surface area contributed by atoms with E-state index in [9.17, 15) is 9.90 Å². The summed E-state index contributed by atoms with van der Waals surface area (Å²) in [6, 6.07) is 5.55. The number of aryl methyl sites for hydroxylation is 1. The summed E-state index contributed by atoms with van der Waals surface area (Å²) < 4.78 is 5.55. The van der Waals surface area contributed by atoms with Crippen LogP contribution in [0.15, 0.2) is 23.1 Å². The lowest BCUT2D eigenvalue weighted by Crippen LogP contribution is -2.50. The molecule has 0 aromatic heterocycles. The van der Waals surface area contributed by atoms with Crippen LogP contribution >= 0.6 is 12.6 Å². The Hall–Kier alpha value is -1.04. The van der Waals surface area contributed by atoms with Crippen molar-refractivity contribution in [2.75, 3.05) is 19.7 Å². The van der Waals surface area contributed by atoms with Crippen molar-refractivity contribution in [3.05, 3.63) is 29.3 Å². The first-order valence-electron chi connectivity index (χ1n) is 6.36. The number of hydrogen-bond acceptors (Lipinski definition) is 4. The van der Waals surface area contributed by atoms with Gasteiger partial charge in [0.2, 0.25) is 0 Å². The third-order valence-electron chi connectivity index (χ3n) is 3.27. The molecule has 2 rings (SSSR count). The topological polar surface area (TPSA) is 49.8 Å². The number of morpholine rings is 1. The second-order valence-corrected chi connectivity index (χ2v) is 5.48. The Morgan fingerprint density at radius 2 is 2.26 bits per heavy atom. The highest BCUT2D eigenvalue weighted by Gasteiger charge is 2.29. The lowest BCUT2D eigenvalue weighted by molar-refractivity contribution is -0.0858. The second kappa shape index (κ2) is 5.94. The van der Waals surface area contributed by atoms with Gasteiger partial charge in [0.25, 0.3) is 5.91 Å². The smallest absolute Gasteiger partial charge is 0.254 e. The fourth-order valence-corrected chi connectivity index (χ4v) is 2.53. The fraction of sp³-hybridized carbons (Fsp3) is 0.500. The van der Waals surface area contributed by atoms with Crippen molar-refractivity contribution in [3.63, 3.8) is 0 Å². The molecular weight excluding hydrogens is 262 g/mol. The SMILES string of the molecule is Cc1ccc(S)cc1C(=O)N1CC(C)OC(CO)C1. The maximum Gasteiger partial charge on any atom is 0.254 e. The van der Waals surface area contributed by atoms with Crippen LogP contribution in [0, 0.1) is 6.92 Å². The minimum absolute atomic E-state index is 0.0259. The lowest BCUT2D eigenvalue weighted by atomic mass is 10.1. The molecule has 0 bridgehead atoms. The van der Waals surface area contributed by atoms with E-state index in [-0.39, 0.29) is 24.7 Å². The van der Waals surface area contributed by atoms with Gasteiger partial charge in [0.15, 0.2) is 0 Å². The highest BCUT2D eigenvalue weighted by atomic mass is 32.1. The van der Waals surface area contributed by atoms with Crippen LogP contribution in [-0.2, 0) is 4.74 Å². The minimum atomic E-state index is -0.299. The molecule has 1 aromatic carbocycles. The maximum atomic E-state index is 12.5. The highest BCUT2D eigenvalue weighted by Crippen LogP contribution is 2.19. The molecule has 0 spiro atoms. The largest absolute Gasteiger partial charge is 0.394 e. The number of aliphatic hydroxyl groups is 1. The average Bonchev–Trinajstić information content (AvgIpc) is 2.40. The molecule has 1 aromatic rings. The fourth-order valence-electron chi connectivity index (χ4n) is 2.32. The van der Waals surface area contributed by atoms with Gasteiger partial charge in [-0.1, -0.05) is 6.07 Å². The zero-order valence-electron chi connectivity index (χ0n) is 11.2. The third kappa shape index (κ3) is 3.29. The van der Waals surface area contributed by atoms with E-state index >= 15 is 0 Å². The van der Waals surface area contributed by atoms with Crippen molar-refractivity contribution in [1.29, 1.82) is 0 Å². The van der Waals surface area contributed by atoms with E-state index in [1.54, 1.807) is 11.0 Å². The van der Waals surface area contributed by atoms with Crippen LogP contribution < -0.4 is 0 Å². The quantitative estimate of drug-likeness (QED) is 0.808. The summed E-state index contributed by atoms with van der Waals surface area (Å²) in [5, 5.41) is 9.20. The zero-order chi connectivity index (χ0) is 14.0. The number of nitrogens with zero attached hydrogens (tertiary/aromatic N) is 1. The van der Waals surface area contributed by atoms with Gasteiger partial charge in [-0.15, -0.1) is 12.6 Å². The molecule has 1 fully saturated rings. The number of ether oxygens (including phenoxy) is 1. The van der Waals surface area contributed by atoms with E-state index in [0.717, 1.165) is 10.5 Å². The molecule has 2 atom stereocenters. The van der Waals surface area contributed by atoms with Gasteiger partial charge in [0.1, 0.15) is 0 Å². The van der Waals surface area contributed by atoms with Gasteiger partial charge in [-0.05, 0) is 31.5 Å². The number of rotatable bonds is 2. The van der Waals surface area contributed by atoms with E-state index in [4.69, 9.17) is 4.74 Å². The normalized spacial score (nSPS) is 23.5. The molecule has 0 aliphatic carbocycles. The van der Waals surface area contributed by atoms with Gasteiger partial charge in [0.05, 0.1) is 18.8 Å². The van der Waals surface area contributed by atoms with Gasteiger partial charge < -0.3 is 14.7 Å². The molecule has 5 heteroatoms. The molecule has 0 radical (unpaired) electrons. The number of hydrogen-bond donors (Lipinski definition) is 2. The summed E-state index contributed by atoms with van der Waals surface area (Å²) >= 11 is 4.28. The highest BCUT2D eigenvalue weighted by molar-refractivity contribution is 7.80. The summed E-state index contributed by atoms with van der Waals surface area (Å²) in [6.07, 6.45) is -0.360. The van der Waals surface area contributed by atoms with Crippen molar-refractivity contribution in [3.8, 4) is 0 Å². The number of thiol groups is 1. The van der Waals surface area contributed by atoms with Gasteiger partial charge in [-0.2, -0.15) is 0 Å². The van der Waals surface area contributed by atoms with Gasteiger partial charge in [-0.3, -0.25) is 4.79 Å². The number of carbonyl (C=O) groups excluding carboxylic acids is 1. The lowest BCUT2D eigenvalue weighted by Gasteiger charge is -2.36. The van der Waals surface area contributed by atoms with Crippen LogP contribution in [-0.4, -0.2) is 47.8 Å². The third-order valence-corrected chi connectivity index (χ3v) is 3.55. The van der Waals surface area contributed by atoms with Crippen molar-refractivity contribution < 1.29 is 14.6 Å². The molecule has 104 valence electrons. The average molecular weight is 281 g/mol. The van der Waals surface area contributed by atoms with Crippen LogP contribution in [0.2, 0.25) is 0 Å². The molecule has 1 aliphatic heterocycles. The molecule has 1 amide bonds. The Morgan fingerprint density at radius 3 is 2.95 bits per heavy atom. The Bertz CT molecular complexity index is 478. The van der Waals surface area contributed by atoms with Crippen LogP contribution in [0.5, 0.6) is 0 Å². The molecule has 0 saturated carbocycles. The summed E-state index contributed by atoms with van der Waals surface area (Å²) in [6.45, 7) is 4.72. The molecule has 1 saturated heterocycles. The van der Waals surface area contributed by atoms with E-state index in [1.807, 2.05) is 26.0 Å². The minimum Gasteiger partial charge on any atom is -0.394 e. The molecule has 2 unspecified atom stereocenters. The Labute approximate surface area is 118 Å². The van der Waals surface area contributed by atoms with E-state index in [2.05, 4.69) is 12.6 Å². The molecule has 19 heavy (non-hydrogen) atoms. The summed E-state index contributed by atoms with van der Waals surface area (Å²) in [5.74, 6) is -0.0259. The maximum absolute atomic E-state index is 12.5. The van der Waals surface area contributed by atoms with Crippen LogP contribution in [0.25, 0.3) is 0 Å². The van der Waals surface area contributed by atoms with E-state index in [1.165, 1.54) is 0 Å². The predicted molar refractivity (Wildman–Crippen MR) is 75.8 cm³/mol. The van der Waals surface area contributed by atoms with Crippen LogP contribution in [0.1, 0.15) is 22.8 Å². The molecular formula is C14H19NO3S. The zero-order valence-corrected chi connectivity index (χ0v) is 12.1. The first kappa shape index (κ1) is 14.4. The van der Waals surface area contributed by atoms with Crippen molar-refractivity contribution in [2.24, 2.45) is 0 Å². The predicted octanol–water partition coefficient (Wildman–Crippen LogP) is 1.51.